The fraction of sp³-hybridized carbons (Fsp3) is 0.263. The first kappa shape index (κ1) is 21.5. The molecule has 0 saturated carbocycles. The Labute approximate surface area is 166 Å². The molecule has 2 rings (SSSR count). The van der Waals surface area contributed by atoms with Gasteiger partial charge in [0.15, 0.2) is 0 Å². The van der Waals surface area contributed by atoms with E-state index in [-0.39, 0.29) is 11.5 Å². The van der Waals surface area contributed by atoms with Crippen LogP contribution in [0.3, 0.4) is 0 Å². The monoisotopic (exact) mass is 400 g/mol. The fourth-order valence-electron chi connectivity index (χ4n) is 2.61. The third kappa shape index (κ3) is 6.09. The van der Waals surface area contributed by atoms with E-state index in [0.717, 1.165) is 37.5 Å². The van der Waals surface area contributed by atoms with Crippen molar-refractivity contribution in [2.24, 2.45) is 0 Å². The Balaban J connectivity index is 2.14. The van der Waals surface area contributed by atoms with Crippen molar-refractivity contribution in [2.75, 3.05) is 10.6 Å². The summed E-state index contributed by atoms with van der Waals surface area (Å²) in [6.07, 6.45) is 3.13. The van der Waals surface area contributed by atoms with Crippen LogP contribution in [0, 0.1) is 20.2 Å². The van der Waals surface area contributed by atoms with Crippen molar-refractivity contribution in [2.45, 2.75) is 32.6 Å². The molecule has 2 aromatic carbocycles. The van der Waals surface area contributed by atoms with Gasteiger partial charge in [0.1, 0.15) is 5.56 Å². The van der Waals surface area contributed by atoms with Gasteiger partial charge in [-0.25, -0.2) is 0 Å². The van der Waals surface area contributed by atoms with Gasteiger partial charge in [-0.1, -0.05) is 25.8 Å². The largest absolute Gasteiger partial charge is 0.326 e. The number of benzene rings is 2. The topological polar surface area (TPSA) is 144 Å². The number of hydrogen-bond donors (Lipinski definition) is 2. The third-order valence-electron chi connectivity index (χ3n) is 4.05. The summed E-state index contributed by atoms with van der Waals surface area (Å²) in [5, 5.41) is 27.2. The second-order valence-corrected chi connectivity index (χ2v) is 6.26. The quantitative estimate of drug-likeness (QED) is 0.365. The second-order valence-electron chi connectivity index (χ2n) is 6.26. The number of anilines is 2. The van der Waals surface area contributed by atoms with E-state index < -0.39 is 27.1 Å². The van der Waals surface area contributed by atoms with Gasteiger partial charge in [0.25, 0.3) is 17.3 Å². The summed E-state index contributed by atoms with van der Waals surface area (Å²) in [7, 11) is 0. The Hall–Kier alpha value is -3.82. The summed E-state index contributed by atoms with van der Waals surface area (Å²) in [5.41, 5.74) is -0.677. The van der Waals surface area contributed by atoms with Gasteiger partial charge >= 0.3 is 0 Å². The molecule has 0 aliphatic heterocycles. The predicted octanol–water partition coefficient (Wildman–Crippen LogP) is 4.27. The number of hydrogen-bond acceptors (Lipinski definition) is 6. The maximum atomic E-state index is 12.5. The number of carbonyl (C=O) groups excluding carboxylic acids is 2. The molecule has 0 aromatic heterocycles. The van der Waals surface area contributed by atoms with Gasteiger partial charge < -0.3 is 10.6 Å². The average molecular weight is 400 g/mol. The van der Waals surface area contributed by atoms with Gasteiger partial charge in [-0.3, -0.25) is 29.8 Å². The molecule has 0 unspecified atom stereocenters. The number of non-ortho nitro benzene ring substituents is 1. The number of nitro benzene ring substituents is 2. The number of nitro groups is 2. The highest BCUT2D eigenvalue weighted by Crippen LogP contribution is 2.26. The minimum absolute atomic E-state index is 0.145. The number of nitrogens with zero attached hydrogens (tertiary/aromatic N) is 2. The molecule has 0 aliphatic rings. The lowest BCUT2D eigenvalue weighted by atomic mass is 10.1. The van der Waals surface area contributed by atoms with Crippen LogP contribution >= 0.6 is 0 Å². The van der Waals surface area contributed by atoms with Gasteiger partial charge in [-0.15, -0.1) is 0 Å². The van der Waals surface area contributed by atoms with Gasteiger partial charge in [-0.2, -0.15) is 0 Å². The molecule has 0 heterocycles. The first-order valence-corrected chi connectivity index (χ1v) is 8.96. The molecular formula is C19H20N4O6. The van der Waals surface area contributed by atoms with Crippen molar-refractivity contribution in [1.29, 1.82) is 0 Å². The second kappa shape index (κ2) is 9.93. The van der Waals surface area contributed by atoms with Crippen LogP contribution in [0.2, 0.25) is 0 Å². The summed E-state index contributed by atoms with van der Waals surface area (Å²) in [6, 6.07) is 9.14. The van der Waals surface area contributed by atoms with Crippen LogP contribution in [0.25, 0.3) is 0 Å². The fourth-order valence-corrected chi connectivity index (χ4v) is 2.61. The molecule has 0 saturated heterocycles. The Morgan fingerprint density at radius 1 is 0.931 bits per heavy atom. The Bertz CT molecular complexity index is 944. The molecule has 152 valence electrons. The number of rotatable bonds is 9. The molecule has 0 spiro atoms. The maximum absolute atomic E-state index is 12.5. The van der Waals surface area contributed by atoms with Crippen molar-refractivity contribution < 1.29 is 19.4 Å². The first-order chi connectivity index (χ1) is 13.8. The zero-order valence-corrected chi connectivity index (χ0v) is 15.7. The molecule has 0 bridgehead atoms. The highest BCUT2D eigenvalue weighted by molar-refractivity contribution is 6.07. The van der Waals surface area contributed by atoms with Crippen LogP contribution in [0.1, 0.15) is 43.0 Å². The number of carbonyl (C=O) groups is 2. The van der Waals surface area contributed by atoms with E-state index in [1.165, 1.54) is 6.07 Å². The van der Waals surface area contributed by atoms with E-state index in [2.05, 4.69) is 10.6 Å². The maximum Gasteiger partial charge on any atom is 0.289 e. The standard InChI is InChI=1S/C19H20N4O6/c1-2-3-4-8-18(24)20-13-6-5-7-14(11-13)21-19(25)16-10-9-15(22(26)27)12-17(16)23(28)29/h5-7,9-12H,2-4,8H2,1H3,(H,20,24)(H,21,25). The normalized spacial score (nSPS) is 10.2. The van der Waals surface area contributed by atoms with Gasteiger partial charge in [0, 0.05) is 23.9 Å². The van der Waals surface area contributed by atoms with E-state index in [9.17, 15) is 29.8 Å². The van der Waals surface area contributed by atoms with Gasteiger partial charge in [0.2, 0.25) is 5.91 Å². The van der Waals surface area contributed by atoms with Crippen LogP contribution in [0.4, 0.5) is 22.7 Å². The lowest BCUT2D eigenvalue weighted by Gasteiger charge is -2.09. The Morgan fingerprint density at radius 2 is 1.62 bits per heavy atom. The molecule has 0 atom stereocenters. The van der Waals surface area contributed by atoms with E-state index in [1.54, 1.807) is 18.2 Å². The molecule has 10 heteroatoms. The van der Waals surface area contributed by atoms with Crippen LogP contribution in [-0.2, 0) is 4.79 Å². The molecule has 0 aliphatic carbocycles. The molecule has 0 fully saturated rings. The number of nitrogens with one attached hydrogen (secondary N) is 2. The molecule has 10 nitrogen and oxygen atoms in total. The van der Waals surface area contributed by atoms with Crippen molar-refractivity contribution in [3.63, 3.8) is 0 Å². The van der Waals surface area contributed by atoms with E-state index >= 15 is 0 Å². The summed E-state index contributed by atoms with van der Waals surface area (Å²) in [4.78, 5) is 44.7. The number of amides is 2. The van der Waals surface area contributed by atoms with E-state index in [0.29, 0.717) is 17.8 Å². The summed E-state index contributed by atoms with van der Waals surface area (Å²) < 4.78 is 0. The SMILES string of the molecule is CCCCCC(=O)Nc1cccc(NC(=O)c2ccc([N+](=O)[O-])cc2[N+](=O)[O-])c1. The van der Waals surface area contributed by atoms with Crippen molar-refractivity contribution in [3.05, 3.63) is 68.3 Å². The van der Waals surface area contributed by atoms with Crippen LogP contribution in [0.15, 0.2) is 42.5 Å². The smallest absolute Gasteiger partial charge is 0.289 e. The summed E-state index contributed by atoms with van der Waals surface area (Å²) >= 11 is 0. The third-order valence-corrected chi connectivity index (χ3v) is 4.05. The molecule has 29 heavy (non-hydrogen) atoms. The number of unbranched alkanes of at least 4 members (excludes halogenated alkanes) is 2. The lowest BCUT2D eigenvalue weighted by molar-refractivity contribution is -0.394. The first-order valence-electron chi connectivity index (χ1n) is 8.96. The minimum Gasteiger partial charge on any atom is -0.326 e. The average Bonchev–Trinajstić information content (AvgIpc) is 2.67. The highest BCUT2D eigenvalue weighted by Gasteiger charge is 2.24. The van der Waals surface area contributed by atoms with Crippen molar-refractivity contribution in [1.82, 2.24) is 0 Å². The van der Waals surface area contributed by atoms with Crippen LogP contribution in [0.5, 0.6) is 0 Å². The predicted molar refractivity (Wildman–Crippen MR) is 107 cm³/mol. The molecule has 2 N–H and O–H groups in total. The minimum atomic E-state index is -0.852. The Morgan fingerprint density at radius 3 is 2.24 bits per heavy atom. The molecule has 2 aromatic rings. The van der Waals surface area contributed by atoms with Crippen LogP contribution < -0.4 is 10.6 Å². The molecular weight excluding hydrogens is 380 g/mol. The molecule has 2 amide bonds. The zero-order chi connectivity index (χ0) is 21.4. The summed E-state index contributed by atoms with van der Waals surface area (Å²) in [5.74, 6) is -0.939. The van der Waals surface area contributed by atoms with Crippen LogP contribution in [-0.4, -0.2) is 21.7 Å². The highest BCUT2D eigenvalue weighted by atomic mass is 16.6. The van der Waals surface area contributed by atoms with Gasteiger partial charge in [-0.05, 0) is 30.7 Å². The van der Waals surface area contributed by atoms with E-state index in [1.807, 2.05) is 6.92 Å². The Kier molecular flexibility index (Phi) is 7.35. The lowest BCUT2D eigenvalue weighted by Crippen LogP contribution is -2.15. The van der Waals surface area contributed by atoms with Crippen molar-refractivity contribution in [3.8, 4) is 0 Å². The van der Waals surface area contributed by atoms with E-state index in [4.69, 9.17) is 0 Å². The van der Waals surface area contributed by atoms with Crippen molar-refractivity contribution >= 4 is 34.6 Å². The van der Waals surface area contributed by atoms with Gasteiger partial charge in [0.05, 0.1) is 15.9 Å². The summed E-state index contributed by atoms with van der Waals surface area (Å²) in [6.45, 7) is 2.04. The zero-order valence-electron chi connectivity index (χ0n) is 15.7. The molecule has 0 radical (unpaired) electrons.